The molecule has 0 bridgehead atoms. The molecule has 3 aromatic rings. The number of benzene rings is 1. The lowest BCUT2D eigenvalue weighted by Crippen LogP contribution is -1.88. The van der Waals surface area contributed by atoms with Crippen molar-refractivity contribution in [2.24, 2.45) is 0 Å². The Morgan fingerprint density at radius 2 is 2.00 bits per heavy atom. The molecule has 0 aliphatic carbocycles. The summed E-state index contributed by atoms with van der Waals surface area (Å²) < 4.78 is 2.92. The molecule has 0 aliphatic heterocycles. The lowest BCUT2D eigenvalue weighted by molar-refractivity contribution is 1.11. The Bertz CT molecular complexity index is 693. The quantitative estimate of drug-likeness (QED) is 0.684. The number of pyridine rings is 1. The van der Waals surface area contributed by atoms with Gasteiger partial charge in [0.15, 0.2) is 11.5 Å². The van der Waals surface area contributed by atoms with Crippen molar-refractivity contribution in [3.8, 4) is 11.4 Å². The number of nitrogens with zero attached hydrogens (tertiary/aromatic N) is 3. The number of halogens is 2. The molecule has 0 spiro atoms. The summed E-state index contributed by atoms with van der Waals surface area (Å²) >= 11 is 9.36. The molecular formula is C12H7BrClN3. The van der Waals surface area contributed by atoms with E-state index in [9.17, 15) is 0 Å². The van der Waals surface area contributed by atoms with Gasteiger partial charge in [-0.3, -0.25) is 4.40 Å². The number of aromatic nitrogens is 3. The molecule has 17 heavy (non-hydrogen) atoms. The minimum atomic E-state index is 0.658. The summed E-state index contributed by atoms with van der Waals surface area (Å²) in [5.41, 5.74) is 1.75. The van der Waals surface area contributed by atoms with Crippen molar-refractivity contribution >= 4 is 33.2 Å². The van der Waals surface area contributed by atoms with Crippen LogP contribution < -0.4 is 0 Å². The average molecular weight is 309 g/mol. The molecule has 0 saturated heterocycles. The van der Waals surface area contributed by atoms with E-state index in [2.05, 4.69) is 26.1 Å². The van der Waals surface area contributed by atoms with E-state index in [1.807, 2.05) is 40.9 Å². The Balaban J connectivity index is 2.24. The Kier molecular flexibility index (Phi) is 2.61. The van der Waals surface area contributed by atoms with Crippen LogP contribution in [0.25, 0.3) is 17.0 Å². The SMILES string of the molecule is Clc1ccn2c(-c3cccc(Br)c3)nnc2c1. The topological polar surface area (TPSA) is 30.2 Å². The first-order valence-corrected chi connectivity index (χ1v) is 6.17. The van der Waals surface area contributed by atoms with Gasteiger partial charge in [0, 0.05) is 27.3 Å². The van der Waals surface area contributed by atoms with Gasteiger partial charge in [0.25, 0.3) is 0 Å². The highest BCUT2D eigenvalue weighted by Gasteiger charge is 2.08. The van der Waals surface area contributed by atoms with E-state index in [0.717, 1.165) is 21.5 Å². The van der Waals surface area contributed by atoms with Gasteiger partial charge >= 0.3 is 0 Å². The fourth-order valence-electron chi connectivity index (χ4n) is 1.69. The first kappa shape index (κ1) is 10.7. The zero-order valence-corrected chi connectivity index (χ0v) is 11.0. The molecule has 0 unspecified atom stereocenters. The molecule has 84 valence electrons. The van der Waals surface area contributed by atoms with Crippen molar-refractivity contribution in [2.45, 2.75) is 0 Å². The molecular weight excluding hydrogens is 302 g/mol. The van der Waals surface area contributed by atoms with Crippen LogP contribution in [0, 0.1) is 0 Å². The molecule has 0 amide bonds. The van der Waals surface area contributed by atoms with E-state index in [4.69, 9.17) is 11.6 Å². The van der Waals surface area contributed by atoms with E-state index >= 15 is 0 Å². The summed E-state index contributed by atoms with van der Waals surface area (Å²) in [6.07, 6.45) is 1.87. The third-order valence-corrected chi connectivity index (χ3v) is 3.18. The van der Waals surface area contributed by atoms with Crippen molar-refractivity contribution in [1.82, 2.24) is 14.6 Å². The van der Waals surface area contributed by atoms with Gasteiger partial charge in [0.2, 0.25) is 0 Å². The standard InChI is InChI=1S/C12H7BrClN3/c13-9-3-1-2-8(6-9)12-16-15-11-7-10(14)4-5-17(11)12/h1-7H. The van der Waals surface area contributed by atoms with Crippen LogP contribution in [0.3, 0.4) is 0 Å². The molecule has 0 atom stereocenters. The highest BCUT2D eigenvalue weighted by Crippen LogP contribution is 2.22. The monoisotopic (exact) mass is 307 g/mol. The van der Waals surface area contributed by atoms with Crippen LogP contribution in [0.5, 0.6) is 0 Å². The summed E-state index contributed by atoms with van der Waals surface area (Å²) in [5, 5.41) is 8.94. The molecule has 1 aromatic carbocycles. The van der Waals surface area contributed by atoms with Gasteiger partial charge in [-0.1, -0.05) is 39.7 Å². The van der Waals surface area contributed by atoms with Crippen molar-refractivity contribution in [3.05, 3.63) is 52.1 Å². The highest BCUT2D eigenvalue weighted by atomic mass is 79.9. The number of fused-ring (bicyclic) bond motifs is 1. The molecule has 0 N–H and O–H groups in total. The maximum Gasteiger partial charge on any atom is 0.168 e. The largest absolute Gasteiger partial charge is 0.282 e. The molecule has 5 heteroatoms. The Hall–Kier alpha value is -1.39. The van der Waals surface area contributed by atoms with Gasteiger partial charge in [0.1, 0.15) is 0 Å². The normalized spacial score (nSPS) is 10.9. The Morgan fingerprint density at radius 1 is 1.12 bits per heavy atom. The summed E-state index contributed by atoms with van der Waals surface area (Å²) in [6, 6.07) is 11.6. The van der Waals surface area contributed by atoms with E-state index in [1.165, 1.54) is 0 Å². The summed E-state index contributed by atoms with van der Waals surface area (Å²) in [6.45, 7) is 0. The molecule has 0 fully saturated rings. The van der Waals surface area contributed by atoms with E-state index in [-0.39, 0.29) is 0 Å². The zero-order valence-electron chi connectivity index (χ0n) is 8.64. The van der Waals surface area contributed by atoms with Gasteiger partial charge in [-0.25, -0.2) is 0 Å². The first-order chi connectivity index (χ1) is 8.24. The molecule has 2 aromatic heterocycles. The fraction of sp³-hybridized carbons (Fsp3) is 0. The summed E-state index contributed by atoms with van der Waals surface area (Å²) in [4.78, 5) is 0. The molecule has 0 saturated carbocycles. The molecule has 0 radical (unpaired) electrons. The summed E-state index contributed by atoms with van der Waals surface area (Å²) in [7, 11) is 0. The lowest BCUT2D eigenvalue weighted by atomic mass is 10.2. The lowest BCUT2D eigenvalue weighted by Gasteiger charge is -2.00. The van der Waals surface area contributed by atoms with Crippen LogP contribution in [0.4, 0.5) is 0 Å². The second kappa shape index (κ2) is 4.13. The van der Waals surface area contributed by atoms with Crippen molar-refractivity contribution < 1.29 is 0 Å². The van der Waals surface area contributed by atoms with Crippen LogP contribution in [-0.4, -0.2) is 14.6 Å². The molecule has 3 rings (SSSR count). The predicted molar refractivity (Wildman–Crippen MR) is 71.1 cm³/mol. The van der Waals surface area contributed by atoms with E-state index in [1.54, 1.807) is 6.07 Å². The van der Waals surface area contributed by atoms with E-state index in [0.29, 0.717) is 5.02 Å². The van der Waals surface area contributed by atoms with Crippen molar-refractivity contribution in [3.63, 3.8) is 0 Å². The van der Waals surface area contributed by atoms with Crippen LogP contribution >= 0.6 is 27.5 Å². The molecule has 3 nitrogen and oxygen atoms in total. The second-order valence-electron chi connectivity index (χ2n) is 3.61. The van der Waals surface area contributed by atoms with E-state index < -0.39 is 0 Å². The zero-order chi connectivity index (χ0) is 11.8. The average Bonchev–Trinajstić information content (AvgIpc) is 2.71. The highest BCUT2D eigenvalue weighted by molar-refractivity contribution is 9.10. The number of rotatable bonds is 1. The number of hydrogen-bond acceptors (Lipinski definition) is 2. The minimum Gasteiger partial charge on any atom is -0.282 e. The maximum absolute atomic E-state index is 5.91. The molecule has 2 heterocycles. The van der Waals surface area contributed by atoms with Crippen LogP contribution in [0.15, 0.2) is 47.1 Å². The first-order valence-electron chi connectivity index (χ1n) is 5.00. The van der Waals surface area contributed by atoms with Gasteiger partial charge in [0.05, 0.1) is 0 Å². The molecule has 0 aliphatic rings. The predicted octanol–water partition coefficient (Wildman–Crippen LogP) is 3.81. The summed E-state index contributed by atoms with van der Waals surface area (Å²) in [5.74, 6) is 0.804. The van der Waals surface area contributed by atoms with Gasteiger partial charge in [-0.05, 0) is 18.2 Å². The maximum atomic E-state index is 5.91. The van der Waals surface area contributed by atoms with Crippen LogP contribution in [-0.2, 0) is 0 Å². The minimum absolute atomic E-state index is 0.658. The third-order valence-electron chi connectivity index (χ3n) is 2.45. The fourth-order valence-corrected chi connectivity index (χ4v) is 2.24. The Morgan fingerprint density at radius 3 is 2.82 bits per heavy atom. The van der Waals surface area contributed by atoms with Gasteiger partial charge in [-0.15, -0.1) is 10.2 Å². The van der Waals surface area contributed by atoms with Gasteiger partial charge < -0.3 is 0 Å². The van der Waals surface area contributed by atoms with Crippen molar-refractivity contribution in [1.29, 1.82) is 0 Å². The second-order valence-corrected chi connectivity index (χ2v) is 4.96. The number of hydrogen-bond donors (Lipinski definition) is 0. The smallest absolute Gasteiger partial charge is 0.168 e. The van der Waals surface area contributed by atoms with Gasteiger partial charge in [-0.2, -0.15) is 0 Å². The third kappa shape index (κ3) is 1.94. The van der Waals surface area contributed by atoms with Crippen molar-refractivity contribution in [2.75, 3.05) is 0 Å². The van der Waals surface area contributed by atoms with Crippen LogP contribution in [0.2, 0.25) is 5.02 Å². The van der Waals surface area contributed by atoms with Crippen LogP contribution in [0.1, 0.15) is 0 Å². The Labute approximate surface area is 111 Å².